The van der Waals surface area contributed by atoms with Gasteiger partial charge in [-0.1, -0.05) is 12.2 Å². The molecule has 1 saturated carbocycles. The van der Waals surface area contributed by atoms with Crippen LogP contribution in [0.1, 0.15) is 25.7 Å². The van der Waals surface area contributed by atoms with E-state index in [0.717, 1.165) is 0 Å². The lowest BCUT2D eigenvalue weighted by Gasteiger charge is -2.46. The maximum atomic E-state index is 14.0. The molecule has 3 fully saturated rings. The van der Waals surface area contributed by atoms with E-state index >= 15 is 0 Å². The first-order chi connectivity index (χ1) is 21.9. The number of carbonyl (C=O) groups is 1. The maximum Gasteiger partial charge on any atom is 0.187 e. The summed E-state index contributed by atoms with van der Waals surface area (Å²) < 4.78 is 49.8. The Bertz CT molecular complexity index is 1010. The van der Waals surface area contributed by atoms with E-state index in [2.05, 4.69) is 0 Å². The highest BCUT2D eigenvalue weighted by Gasteiger charge is 2.53. The van der Waals surface area contributed by atoms with Crippen molar-refractivity contribution in [3.05, 3.63) is 12.2 Å². The molecule has 16 N–H and O–H groups in total. The van der Waals surface area contributed by atoms with E-state index in [1.165, 1.54) is 0 Å². The SMILES string of the molecule is NC[C@@H]1CC[C@@H](N)[C@@H](O[C@H]2[C@H](O[C@@H]3O[C@H](CO)[C@@H](O[C@H]4O[C@@H](CN)C=C[C@H]4N)[C@H]3O)[C@@H](O)[C@H](CC(=O)[C@H](O)[C@@H](F)CN)C[C@@H]2N)O1. The molecule has 0 bridgehead atoms. The molecule has 0 aromatic rings. The summed E-state index contributed by atoms with van der Waals surface area (Å²) in [6, 6.07) is -2.16. The normalized spacial score (nSPS) is 44.6. The van der Waals surface area contributed by atoms with E-state index in [4.69, 9.17) is 62.8 Å². The number of hydrogen-bond acceptors (Lipinski definition) is 17. The largest absolute Gasteiger partial charge is 0.394 e. The van der Waals surface area contributed by atoms with Crippen LogP contribution in [0.5, 0.6) is 0 Å². The van der Waals surface area contributed by atoms with Crippen molar-refractivity contribution in [2.45, 2.75) is 124 Å². The molecule has 0 spiro atoms. The Morgan fingerprint density at radius 3 is 2.22 bits per heavy atom. The summed E-state index contributed by atoms with van der Waals surface area (Å²) in [5, 5.41) is 43.0. The Hall–Kier alpha value is -1.30. The molecule has 266 valence electrons. The van der Waals surface area contributed by atoms with Gasteiger partial charge in [0.25, 0.3) is 0 Å². The van der Waals surface area contributed by atoms with E-state index in [1.807, 2.05) is 0 Å². The van der Waals surface area contributed by atoms with Gasteiger partial charge in [-0.15, -0.1) is 0 Å². The van der Waals surface area contributed by atoms with Crippen LogP contribution in [-0.4, -0.2) is 151 Å². The van der Waals surface area contributed by atoms with Crippen LogP contribution in [0.3, 0.4) is 0 Å². The number of alkyl halides is 1. The second kappa shape index (κ2) is 16.9. The number of nitrogens with two attached hydrogens (primary N) is 6. The molecule has 17 atom stereocenters. The van der Waals surface area contributed by atoms with Gasteiger partial charge in [0.15, 0.2) is 24.7 Å². The van der Waals surface area contributed by atoms with Gasteiger partial charge in [0.05, 0.1) is 37.0 Å². The van der Waals surface area contributed by atoms with E-state index < -0.39 is 123 Å². The van der Waals surface area contributed by atoms with Gasteiger partial charge in [-0.25, -0.2) is 4.39 Å². The van der Waals surface area contributed by atoms with Gasteiger partial charge in [-0.3, -0.25) is 4.79 Å². The molecule has 17 nitrogen and oxygen atoms in total. The lowest BCUT2D eigenvalue weighted by atomic mass is 9.76. The Balaban J connectivity index is 1.54. The Kier molecular flexibility index (Phi) is 13.8. The molecule has 0 aromatic heterocycles. The van der Waals surface area contributed by atoms with Crippen molar-refractivity contribution in [1.82, 2.24) is 0 Å². The van der Waals surface area contributed by atoms with Gasteiger partial charge in [0.2, 0.25) is 0 Å². The summed E-state index contributed by atoms with van der Waals surface area (Å²) in [7, 11) is 0. The van der Waals surface area contributed by atoms with Crippen LogP contribution in [0, 0.1) is 5.92 Å². The summed E-state index contributed by atoms with van der Waals surface area (Å²) in [6.07, 6.45) is -12.0. The third-order valence-corrected chi connectivity index (χ3v) is 9.01. The number of ether oxygens (including phenoxy) is 6. The van der Waals surface area contributed by atoms with Gasteiger partial charge >= 0.3 is 0 Å². The van der Waals surface area contributed by atoms with E-state index in [0.29, 0.717) is 12.8 Å². The van der Waals surface area contributed by atoms with Gasteiger partial charge in [0.1, 0.15) is 42.8 Å². The number of aliphatic hydroxyl groups is 4. The fourth-order valence-electron chi connectivity index (χ4n) is 6.26. The Labute approximate surface area is 266 Å². The van der Waals surface area contributed by atoms with E-state index in [1.54, 1.807) is 12.2 Å². The van der Waals surface area contributed by atoms with Crippen LogP contribution in [-0.2, 0) is 33.2 Å². The van der Waals surface area contributed by atoms with Crippen molar-refractivity contribution in [3.8, 4) is 0 Å². The lowest BCUT2D eigenvalue weighted by Crippen LogP contribution is -2.63. The standard InChI is InChI=1S/C28H51FN6O11/c29-14(9-32)21(39)18(37)6-11-5-17(35)23(44-26-15(33)3-1-12(7-30)41-26)25(20(11)38)46-28-22(40)24(19(10-36)43-28)45-27-16(34)4-2-13(8-31)42-27/h2,4,11-17,19-28,36,38-40H,1,3,5-10,30-35H2/t11-,12-,13+,14-,15+,16+,17-,19+,20-,21+,22+,23+,24+,25+,26+,27+,28-/m0/s1. The zero-order chi connectivity index (χ0) is 33.7. The first kappa shape index (κ1) is 37.5. The van der Waals surface area contributed by atoms with Crippen LogP contribution in [0.4, 0.5) is 4.39 Å². The lowest BCUT2D eigenvalue weighted by molar-refractivity contribution is -0.291. The fourth-order valence-corrected chi connectivity index (χ4v) is 6.26. The number of halogens is 1. The van der Waals surface area contributed by atoms with Crippen molar-refractivity contribution in [1.29, 1.82) is 0 Å². The highest BCUT2D eigenvalue weighted by atomic mass is 19.1. The first-order valence-corrected chi connectivity index (χ1v) is 15.7. The molecular formula is C28H51FN6O11. The minimum Gasteiger partial charge on any atom is -0.394 e. The molecule has 4 aliphatic rings. The first-order valence-electron chi connectivity index (χ1n) is 15.7. The number of carbonyl (C=O) groups excluding carboxylic acids is 1. The molecule has 2 saturated heterocycles. The highest BCUT2D eigenvalue weighted by Crippen LogP contribution is 2.37. The van der Waals surface area contributed by atoms with Crippen molar-refractivity contribution < 1.29 is 58.0 Å². The van der Waals surface area contributed by atoms with Crippen LogP contribution in [0.2, 0.25) is 0 Å². The molecule has 3 heterocycles. The minimum atomic E-state index is -1.99. The molecule has 46 heavy (non-hydrogen) atoms. The Morgan fingerprint density at radius 2 is 1.57 bits per heavy atom. The molecule has 0 radical (unpaired) electrons. The molecule has 0 amide bonds. The third kappa shape index (κ3) is 8.64. The fraction of sp³-hybridized carbons (Fsp3) is 0.893. The second-order valence-electron chi connectivity index (χ2n) is 12.4. The second-order valence-corrected chi connectivity index (χ2v) is 12.4. The van der Waals surface area contributed by atoms with Crippen molar-refractivity contribution >= 4 is 5.78 Å². The van der Waals surface area contributed by atoms with Gasteiger partial charge in [-0.05, 0) is 25.2 Å². The molecule has 4 rings (SSSR count). The number of hydrogen-bond donors (Lipinski definition) is 10. The van der Waals surface area contributed by atoms with Crippen LogP contribution >= 0.6 is 0 Å². The van der Waals surface area contributed by atoms with Crippen molar-refractivity contribution in [2.24, 2.45) is 40.3 Å². The summed E-state index contributed by atoms with van der Waals surface area (Å²) >= 11 is 0. The monoisotopic (exact) mass is 666 g/mol. The number of Topliss-reactive ketones (excluding diaryl/α,β-unsaturated/α-hetero) is 1. The summed E-state index contributed by atoms with van der Waals surface area (Å²) in [5.74, 6) is -1.80. The maximum absolute atomic E-state index is 14.0. The highest BCUT2D eigenvalue weighted by molar-refractivity contribution is 5.83. The molecular weight excluding hydrogens is 615 g/mol. The smallest absolute Gasteiger partial charge is 0.187 e. The van der Waals surface area contributed by atoms with Crippen LogP contribution in [0.25, 0.3) is 0 Å². The summed E-state index contributed by atoms with van der Waals surface area (Å²) in [4.78, 5) is 12.7. The predicted octanol–water partition coefficient (Wildman–Crippen LogP) is -5.10. The molecule has 0 unspecified atom stereocenters. The topological polar surface area (TPSA) is 309 Å². The molecule has 18 heteroatoms. The molecule has 1 aliphatic carbocycles. The predicted molar refractivity (Wildman–Crippen MR) is 158 cm³/mol. The average molecular weight is 667 g/mol. The van der Waals surface area contributed by atoms with Crippen molar-refractivity contribution in [2.75, 3.05) is 26.2 Å². The number of aliphatic hydroxyl groups excluding tert-OH is 4. The van der Waals surface area contributed by atoms with Crippen LogP contribution < -0.4 is 34.4 Å². The van der Waals surface area contributed by atoms with Gasteiger partial charge in [0, 0.05) is 32.1 Å². The number of ketones is 1. The Morgan fingerprint density at radius 1 is 0.870 bits per heavy atom. The van der Waals surface area contributed by atoms with Gasteiger partial charge < -0.3 is 83.2 Å². The zero-order valence-electron chi connectivity index (χ0n) is 25.6. The van der Waals surface area contributed by atoms with Crippen LogP contribution in [0.15, 0.2) is 12.2 Å². The van der Waals surface area contributed by atoms with E-state index in [9.17, 15) is 29.6 Å². The zero-order valence-corrected chi connectivity index (χ0v) is 25.6. The summed E-state index contributed by atoms with van der Waals surface area (Å²) in [5.41, 5.74) is 35.7. The molecule has 3 aliphatic heterocycles. The van der Waals surface area contributed by atoms with Gasteiger partial charge in [-0.2, -0.15) is 0 Å². The summed E-state index contributed by atoms with van der Waals surface area (Å²) in [6.45, 7) is -0.779. The minimum absolute atomic E-state index is 0.0117. The average Bonchev–Trinajstić information content (AvgIpc) is 3.35. The third-order valence-electron chi connectivity index (χ3n) is 9.01. The number of rotatable bonds is 14. The quantitative estimate of drug-likeness (QED) is 0.0775. The van der Waals surface area contributed by atoms with E-state index in [-0.39, 0.29) is 25.6 Å². The van der Waals surface area contributed by atoms with Crippen molar-refractivity contribution in [3.63, 3.8) is 0 Å². The molecule has 0 aromatic carbocycles.